The molecule has 2 aliphatic rings. The molecule has 0 amide bonds. The molecule has 38 heavy (non-hydrogen) atoms. The summed E-state index contributed by atoms with van der Waals surface area (Å²) in [6, 6.07) is 27.5. The fraction of sp³-hybridized carbons (Fsp3) is 0.394. The summed E-state index contributed by atoms with van der Waals surface area (Å²) in [4.78, 5) is 0. The molecule has 1 unspecified atom stereocenters. The number of ether oxygens (including phenoxy) is 5. The summed E-state index contributed by atoms with van der Waals surface area (Å²) in [5, 5.41) is 0. The van der Waals surface area contributed by atoms with E-state index in [0.717, 1.165) is 67.8 Å². The zero-order valence-corrected chi connectivity index (χ0v) is 22.3. The molecule has 0 bridgehead atoms. The first-order chi connectivity index (χ1) is 18.8. The van der Waals surface area contributed by atoms with Crippen molar-refractivity contribution >= 4 is 11.1 Å². The van der Waals surface area contributed by atoms with E-state index in [-0.39, 0.29) is 12.6 Å². The first-order valence-electron chi connectivity index (χ1n) is 13.9. The molecule has 2 aliphatic heterocycles. The van der Waals surface area contributed by atoms with Crippen molar-refractivity contribution in [3.63, 3.8) is 0 Å². The van der Waals surface area contributed by atoms with Crippen LogP contribution in [0.15, 0.2) is 78.9 Å². The third-order valence-corrected chi connectivity index (χ3v) is 7.01. The van der Waals surface area contributed by atoms with Crippen molar-refractivity contribution in [2.24, 2.45) is 0 Å². The number of allylic oxidation sites excluding steroid dienone is 1. The van der Waals surface area contributed by atoms with Crippen LogP contribution < -0.4 is 9.47 Å². The predicted molar refractivity (Wildman–Crippen MR) is 150 cm³/mol. The van der Waals surface area contributed by atoms with Crippen molar-refractivity contribution in [3.8, 4) is 11.5 Å². The molecule has 0 saturated carbocycles. The molecule has 5 nitrogen and oxygen atoms in total. The average molecular weight is 515 g/mol. The Bertz CT molecular complexity index is 1140. The van der Waals surface area contributed by atoms with Crippen LogP contribution in [0.3, 0.4) is 0 Å². The van der Waals surface area contributed by atoms with Gasteiger partial charge in [-0.1, -0.05) is 61.5 Å². The van der Waals surface area contributed by atoms with E-state index in [1.54, 1.807) is 0 Å². The molecule has 5 rings (SSSR count). The van der Waals surface area contributed by atoms with Gasteiger partial charge in [-0.15, -0.1) is 0 Å². The first-order valence-corrected chi connectivity index (χ1v) is 13.9. The summed E-state index contributed by atoms with van der Waals surface area (Å²) in [5.41, 5.74) is 6.09. The van der Waals surface area contributed by atoms with Crippen LogP contribution in [0.1, 0.15) is 62.1 Å². The molecule has 0 spiro atoms. The summed E-state index contributed by atoms with van der Waals surface area (Å²) >= 11 is 0. The van der Waals surface area contributed by atoms with Gasteiger partial charge in [0.15, 0.2) is 12.6 Å². The van der Waals surface area contributed by atoms with Crippen LogP contribution in [-0.2, 0) is 14.2 Å². The molecule has 0 aromatic heterocycles. The lowest BCUT2D eigenvalue weighted by Crippen LogP contribution is -2.24. The maximum atomic E-state index is 6.09. The van der Waals surface area contributed by atoms with E-state index in [1.807, 2.05) is 0 Å². The van der Waals surface area contributed by atoms with E-state index in [0.29, 0.717) is 19.8 Å². The van der Waals surface area contributed by atoms with Crippen LogP contribution in [0, 0.1) is 0 Å². The summed E-state index contributed by atoms with van der Waals surface area (Å²) in [6.45, 7) is 5.01. The Kier molecular flexibility index (Phi) is 9.48. The maximum absolute atomic E-state index is 6.09. The molecule has 2 fully saturated rings. The van der Waals surface area contributed by atoms with E-state index < -0.39 is 0 Å². The highest BCUT2D eigenvalue weighted by Gasteiger charge is 2.17. The van der Waals surface area contributed by atoms with Gasteiger partial charge in [-0.25, -0.2) is 0 Å². The van der Waals surface area contributed by atoms with Crippen molar-refractivity contribution < 1.29 is 23.7 Å². The Balaban J connectivity index is 1.35. The minimum Gasteiger partial charge on any atom is -0.494 e. The lowest BCUT2D eigenvalue weighted by atomic mass is 9.88. The molecular formula is C33H38O5. The number of rotatable bonds is 11. The lowest BCUT2D eigenvalue weighted by molar-refractivity contribution is -0.105. The minimum absolute atomic E-state index is 0.0777. The van der Waals surface area contributed by atoms with E-state index in [2.05, 4.69) is 85.8 Å². The Labute approximate surface area is 226 Å². The van der Waals surface area contributed by atoms with Gasteiger partial charge in [0.25, 0.3) is 0 Å². The standard InChI is InChI=1S/C33H38O5/c1-2-30(25-9-4-3-5-10-25)33(27-15-19-29(20-16-27)38-32-11-6-7-21-35-32)26-13-17-28(18-14-26)34-22-8-12-31-36-23-24-37-31/h3-5,9-10,13-20,31-32H,2,6-8,11-12,21-24H2,1H3/b33-30+. The van der Waals surface area contributed by atoms with E-state index in [9.17, 15) is 0 Å². The van der Waals surface area contributed by atoms with Gasteiger partial charge in [0.05, 0.1) is 26.4 Å². The van der Waals surface area contributed by atoms with Crippen molar-refractivity contribution in [1.29, 1.82) is 0 Å². The van der Waals surface area contributed by atoms with Gasteiger partial charge >= 0.3 is 0 Å². The largest absolute Gasteiger partial charge is 0.494 e. The quantitative estimate of drug-likeness (QED) is 0.196. The van der Waals surface area contributed by atoms with Gasteiger partial charge in [0.2, 0.25) is 0 Å². The Morgan fingerprint density at radius 2 is 1.42 bits per heavy atom. The van der Waals surface area contributed by atoms with Crippen LogP contribution in [0.5, 0.6) is 11.5 Å². The summed E-state index contributed by atoms with van der Waals surface area (Å²) in [6.07, 6.45) is 5.64. The summed E-state index contributed by atoms with van der Waals surface area (Å²) in [7, 11) is 0. The molecule has 3 aromatic carbocycles. The number of hydrogen-bond acceptors (Lipinski definition) is 5. The summed E-state index contributed by atoms with van der Waals surface area (Å²) in [5.74, 6) is 1.71. The average Bonchev–Trinajstić information content (AvgIpc) is 3.50. The van der Waals surface area contributed by atoms with Gasteiger partial charge in [0, 0.05) is 12.8 Å². The minimum atomic E-state index is -0.147. The predicted octanol–water partition coefficient (Wildman–Crippen LogP) is 7.49. The highest BCUT2D eigenvalue weighted by atomic mass is 16.7. The van der Waals surface area contributed by atoms with Crippen LogP contribution >= 0.6 is 0 Å². The Morgan fingerprint density at radius 3 is 2.05 bits per heavy atom. The van der Waals surface area contributed by atoms with E-state index >= 15 is 0 Å². The Hall–Kier alpha value is -3.12. The molecule has 200 valence electrons. The van der Waals surface area contributed by atoms with Crippen LogP contribution in [0.25, 0.3) is 11.1 Å². The van der Waals surface area contributed by atoms with Crippen molar-refractivity contribution in [3.05, 3.63) is 95.6 Å². The fourth-order valence-corrected chi connectivity index (χ4v) is 5.07. The molecule has 0 N–H and O–H groups in total. The molecule has 0 aliphatic carbocycles. The van der Waals surface area contributed by atoms with Crippen molar-refractivity contribution in [2.45, 2.75) is 58.0 Å². The van der Waals surface area contributed by atoms with Crippen molar-refractivity contribution in [2.75, 3.05) is 26.4 Å². The number of hydrogen-bond donors (Lipinski definition) is 0. The molecule has 5 heteroatoms. The smallest absolute Gasteiger partial charge is 0.199 e. The van der Waals surface area contributed by atoms with E-state index in [4.69, 9.17) is 23.7 Å². The highest BCUT2D eigenvalue weighted by molar-refractivity contribution is 5.98. The molecule has 0 radical (unpaired) electrons. The first kappa shape index (κ1) is 26.5. The van der Waals surface area contributed by atoms with E-state index in [1.165, 1.54) is 16.7 Å². The van der Waals surface area contributed by atoms with Gasteiger partial charge in [-0.2, -0.15) is 0 Å². The zero-order valence-electron chi connectivity index (χ0n) is 22.3. The van der Waals surface area contributed by atoms with Crippen LogP contribution in [0.4, 0.5) is 0 Å². The lowest BCUT2D eigenvalue weighted by Gasteiger charge is -2.23. The van der Waals surface area contributed by atoms with Gasteiger partial charge < -0.3 is 23.7 Å². The Morgan fingerprint density at radius 1 is 0.737 bits per heavy atom. The van der Waals surface area contributed by atoms with Gasteiger partial charge in [0.1, 0.15) is 11.5 Å². The molecule has 2 saturated heterocycles. The zero-order chi connectivity index (χ0) is 26.0. The molecular weight excluding hydrogens is 476 g/mol. The topological polar surface area (TPSA) is 46.2 Å². The monoisotopic (exact) mass is 514 g/mol. The fourth-order valence-electron chi connectivity index (χ4n) is 5.07. The van der Waals surface area contributed by atoms with Crippen LogP contribution in [-0.4, -0.2) is 39.0 Å². The maximum Gasteiger partial charge on any atom is 0.199 e. The second-order valence-corrected chi connectivity index (χ2v) is 9.70. The second-order valence-electron chi connectivity index (χ2n) is 9.70. The SMILES string of the molecule is CC/C(=C(/c1ccc(OCCCC2OCCO2)cc1)c1ccc(OC2CCCCO2)cc1)c1ccccc1. The summed E-state index contributed by atoms with van der Waals surface area (Å²) < 4.78 is 28.9. The second kappa shape index (κ2) is 13.6. The highest BCUT2D eigenvalue weighted by Crippen LogP contribution is 2.36. The van der Waals surface area contributed by atoms with Crippen LogP contribution in [0.2, 0.25) is 0 Å². The third-order valence-electron chi connectivity index (χ3n) is 7.01. The third kappa shape index (κ3) is 7.04. The molecule has 2 heterocycles. The van der Waals surface area contributed by atoms with Crippen molar-refractivity contribution in [1.82, 2.24) is 0 Å². The molecule has 3 aromatic rings. The van der Waals surface area contributed by atoms with Gasteiger partial charge in [-0.3, -0.25) is 0 Å². The molecule has 1 atom stereocenters. The normalized spacial score (nSPS) is 18.7. The van der Waals surface area contributed by atoms with Gasteiger partial charge in [-0.05, 0) is 77.8 Å². The number of benzene rings is 3.